The van der Waals surface area contributed by atoms with Crippen LogP contribution in [0, 0.1) is 0 Å². The summed E-state index contributed by atoms with van der Waals surface area (Å²) >= 11 is 0. The fraction of sp³-hybridized carbons (Fsp3) is 0.385. The summed E-state index contributed by atoms with van der Waals surface area (Å²) in [4.78, 5) is 0. The molecular formula is C13H15NO. The smallest absolute Gasteiger partial charge is 0.134 e. The number of hydrogen-bond donors (Lipinski definition) is 1. The number of para-hydroxylation sites is 1. The van der Waals surface area contributed by atoms with Gasteiger partial charge in [-0.25, -0.2) is 0 Å². The average Bonchev–Trinajstić information content (AvgIpc) is 2.60. The lowest BCUT2D eigenvalue weighted by Gasteiger charge is -2.26. The van der Waals surface area contributed by atoms with Crippen LogP contribution < -0.4 is 5.32 Å². The number of hydrogen-bond acceptors (Lipinski definition) is 2. The Morgan fingerprint density at radius 1 is 1.27 bits per heavy atom. The maximum atomic E-state index is 5.49. The summed E-state index contributed by atoms with van der Waals surface area (Å²) < 4.78 is 5.49. The van der Waals surface area contributed by atoms with E-state index in [0.29, 0.717) is 0 Å². The zero-order chi connectivity index (χ0) is 10.1. The van der Waals surface area contributed by atoms with Crippen molar-refractivity contribution < 1.29 is 4.42 Å². The van der Waals surface area contributed by atoms with Crippen LogP contribution in [-0.4, -0.2) is 6.04 Å². The van der Waals surface area contributed by atoms with Crippen molar-refractivity contribution in [2.45, 2.75) is 31.8 Å². The number of benzene rings is 1. The van der Waals surface area contributed by atoms with Crippen LogP contribution >= 0.6 is 0 Å². The van der Waals surface area contributed by atoms with Crippen LogP contribution in [0.5, 0.6) is 0 Å². The Morgan fingerprint density at radius 2 is 2.13 bits per heavy atom. The largest absolute Gasteiger partial charge is 0.464 e. The molecule has 0 atom stereocenters. The summed E-state index contributed by atoms with van der Waals surface area (Å²) in [6, 6.07) is 8.94. The van der Waals surface area contributed by atoms with Gasteiger partial charge in [-0.1, -0.05) is 24.6 Å². The molecule has 0 amide bonds. The molecule has 0 spiro atoms. The molecule has 15 heavy (non-hydrogen) atoms. The first kappa shape index (κ1) is 8.98. The molecule has 0 unspecified atom stereocenters. The molecule has 0 aliphatic heterocycles. The van der Waals surface area contributed by atoms with Gasteiger partial charge in [0.1, 0.15) is 5.58 Å². The van der Waals surface area contributed by atoms with Crippen LogP contribution in [0.25, 0.3) is 11.0 Å². The first-order valence-electron chi connectivity index (χ1n) is 5.62. The van der Waals surface area contributed by atoms with Crippen molar-refractivity contribution in [1.82, 2.24) is 5.32 Å². The maximum Gasteiger partial charge on any atom is 0.134 e. The van der Waals surface area contributed by atoms with E-state index in [1.807, 2.05) is 18.4 Å². The van der Waals surface area contributed by atoms with E-state index in [1.54, 1.807) is 0 Å². The van der Waals surface area contributed by atoms with Gasteiger partial charge in [-0.2, -0.15) is 0 Å². The first-order chi connectivity index (χ1) is 7.43. The van der Waals surface area contributed by atoms with Crippen molar-refractivity contribution in [3.05, 3.63) is 36.1 Å². The highest BCUT2D eigenvalue weighted by atomic mass is 16.3. The molecule has 0 radical (unpaired) electrons. The van der Waals surface area contributed by atoms with E-state index in [9.17, 15) is 0 Å². The molecule has 1 aromatic heterocycles. The summed E-state index contributed by atoms with van der Waals surface area (Å²) in [6.07, 6.45) is 5.91. The highest BCUT2D eigenvalue weighted by Gasteiger charge is 2.16. The van der Waals surface area contributed by atoms with Gasteiger partial charge in [0.25, 0.3) is 0 Å². The zero-order valence-electron chi connectivity index (χ0n) is 8.70. The molecule has 0 saturated heterocycles. The summed E-state index contributed by atoms with van der Waals surface area (Å²) in [5, 5.41) is 4.79. The maximum absolute atomic E-state index is 5.49. The van der Waals surface area contributed by atoms with Gasteiger partial charge in [0.05, 0.1) is 6.26 Å². The van der Waals surface area contributed by atoms with E-state index in [4.69, 9.17) is 4.42 Å². The molecule has 1 fully saturated rings. The third-order valence-corrected chi connectivity index (χ3v) is 3.25. The van der Waals surface area contributed by atoms with Gasteiger partial charge in [-0.15, -0.1) is 0 Å². The molecule has 1 aliphatic rings. The zero-order valence-corrected chi connectivity index (χ0v) is 8.70. The van der Waals surface area contributed by atoms with E-state index in [-0.39, 0.29) is 0 Å². The molecule has 1 aliphatic carbocycles. The van der Waals surface area contributed by atoms with Crippen molar-refractivity contribution in [2.75, 3.05) is 0 Å². The van der Waals surface area contributed by atoms with Gasteiger partial charge in [0.15, 0.2) is 0 Å². The molecule has 1 saturated carbocycles. The van der Waals surface area contributed by atoms with E-state index >= 15 is 0 Å². The number of rotatable bonds is 3. The van der Waals surface area contributed by atoms with Gasteiger partial charge < -0.3 is 9.73 Å². The van der Waals surface area contributed by atoms with Gasteiger partial charge in [0.2, 0.25) is 0 Å². The minimum Gasteiger partial charge on any atom is -0.464 e. The number of furan rings is 1. The normalized spacial score (nSPS) is 16.8. The van der Waals surface area contributed by atoms with Crippen LogP contribution in [0.1, 0.15) is 24.8 Å². The van der Waals surface area contributed by atoms with Gasteiger partial charge in [-0.05, 0) is 18.9 Å². The molecule has 2 aromatic rings. The summed E-state index contributed by atoms with van der Waals surface area (Å²) in [5.41, 5.74) is 2.26. The number of nitrogens with one attached hydrogen (secondary N) is 1. The molecule has 2 nitrogen and oxygen atoms in total. The highest BCUT2D eigenvalue weighted by Crippen LogP contribution is 2.22. The van der Waals surface area contributed by atoms with Gasteiger partial charge in [0, 0.05) is 23.5 Å². The lowest BCUT2D eigenvalue weighted by molar-refractivity contribution is 0.338. The Bertz CT molecular complexity index is 456. The second kappa shape index (κ2) is 3.70. The SMILES string of the molecule is c1ccc2c(CNC3CCC3)coc2c1. The Labute approximate surface area is 89.3 Å². The Kier molecular flexibility index (Phi) is 2.22. The second-order valence-electron chi connectivity index (χ2n) is 4.27. The molecular weight excluding hydrogens is 186 g/mol. The Morgan fingerprint density at radius 3 is 2.93 bits per heavy atom. The van der Waals surface area contributed by atoms with E-state index in [1.165, 1.54) is 30.2 Å². The van der Waals surface area contributed by atoms with Crippen molar-refractivity contribution in [3.8, 4) is 0 Å². The predicted molar refractivity (Wildman–Crippen MR) is 60.7 cm³/mol. The third-order valence-electron chi connectivity index (χ3n) is 3.25. The molecule has 1 aromatic carbocycles. The van der Waals surface area contributed by atoms with Crippen molar-refractivity contribution in [3.63, 3.8) is 0 Å². The topological polar surface area (TPSA) is 25.2 Å². The van der Waals surface area contributed by atoms with Crippen LogP contribution in [-0.2, 0) is 6.54 Å². The van der Waals surface area contributed by atoms with Gasteiger partial charge in [-0.3, -0.25) is 0 Å². The number of fused-ring (bicyclic) bond motifs is 1. The first-order valence-corrected chi connectivity index (χ1v) is 5.62. The fourth-order valence-corrected chi connectivity index (χ4v) is 2.04. The third kappa shape index (κ3) is 1.65. The molecule has 3 rings (SSSR count). The summed E-state index contributed by atoms with van der Waals surface area (Å²) in [6.45, 7) is 0.932. The highest BCUT2D eigenvalue weighted by molar-refractivity contribution is 5.80. The summed E-state index contributed by atoms with van der Waals surface area (Å²) in [7, 11) is 0. The summed E-state index contributed by atoms with van der Waals surface area (Å²) in [5.74, 6) is 0. The minimum atomic E-state index is 0.735. The van der Waals surface area contributed by atoms with Crippen LogP contribution in [0.2, 0.25) is 0 Å². The van der Waals surface area contributed by atoms with Crippen LogP contribution in [0.15, 0.2) is 34.9 Å². The molecule has 1 N–H and O–H groups in total. The standard InChI is InChI=1S/C13H15NO/c1-2-7-13-12(6-1)10(9-15-13)8-14-11-4-3-5-11/h1-2,6-7,9,11,14H,3-5,8H2. The molecule has 0 bridgehead atoms. The van der Waals surface area contributed by atoms with Crippen molar-refractivity contribution in [2.24, 2.45) is 0 Å². The Hall–Kier alpha value is -1.28. The Balaban J connectivity index is 1.78. The molecule has 78 valence electrons. The monoisotopic (exact) mass is 201 g/mol. The van der Waals surface area contributed by atoms with E-state index in [2.05, 4.69) is 17.4 Å². The van der Waals surface area contributed by atoms with Crippen molar-refractivity contribution in [1.29, 1.82) is 0 Å². The minimum absolute atomic E-state index is 0.735. The van der Waals surface area contributed by atoms with E-state index < -0.39 is 0 Å². The lowest BCUT2D eigenvalue weighted by Crippen LogP contribution is -2.34. The fourth-order valence-electron chi connectivity index (χ4n) is 2.04. The molecule has 1 heterocycles. The van der Waals surface area contributed by atoms with Crippen molar-refractivity contribution >= 4 is 11.0 Å². The quantitative estimate of drug-likeness (QED) is 0.825. The van der Waals surface area contributed by atoms with Gasteiger partial charge >= 0.3 is 0 Å². The predicted octanol–water partition coefficient (Wildman–Crippen LogP) is 3.07. The molecule has 2 heteroatoms. The van der Waals surface area contributed by atoms with Crippen LogP contribution in [0.4, 0.5) is 0 Å². The van der Waals surface area contributed by atoms with E-state index in [0.717, 1.165) is 18.2 Å². The average molecular weight is 201 g/mol. The van der Waals surface area contributed by atoms with Crippen LogP contribution in [0.3, 0.4) is 0 Å². The lowest BCUT2D eigenvalue weighted by atomic mass is 9.93. The second-order valence-corrected chi connectivity index (χ2v) is 4.27.